The molecule has 5 aromatic carbocycles. The fraction of sp³-hybridized carbons (Fsp3) is 0.233. The fourth-order valence-corrected chi connectivity index (χ4v) is 6.99. The lowest BCUT2D eigenvalue weighted by Gasteiger charge is -2.39. The molecule has 0 saturated carbocycles. The zero-order chi connectivity index (χ0) is 37.6. The summed E-state index contributed by atoms with van der Waals surface area (Å²) in [6, 6.07) is 37.2. The average Bonchev–Trinajstić information content (AvgIpc) is 3.18. The monoisotopic (exact) mass is 719 g/mol. The van der Waals surface area contributed by atoms with Crippen LogP contribution >= 0.6 is 0 Å². The highest BCUT2D eigenvalue weighted by molar-refractivity contribution is 6.08. The molecule has 0 radical (unpaired) electrons. The SMILES string of the molecule is COC(=O)C(C)(NC(=O)C(c1ccccc1)N1CCC(c2ccc(NC(=O)c3ccccc3-c3ccc(C(F)(F)F)cc3)cc2)CC1)c1ccccc1. The highest BCUT2D eigenvalue weighted by atomic mass is 19.4. The van der Waals surface area contributed by atoms with Gasteiger partial charge in [0.15, 0.2) is 5.54 Å². The number of amides is 2. The Morgan fingerprint density at radius 1 is 0.736 bits per heavy atom. The van der Waals surface area contributed by atoms with Gasteiger partial charge in [-0.05, 0) is 96.9 Å². The number of likely N-dealkylation sites (tertiary alicyclic amines) is 1. The molecule has 2 amide bonds. The molecule has 7 nitrogen and oxygen atoms in total. The minimum absolute atomic E-state index is 0.223. The number of alkyl halides is 3. The van der Waals surface area contributed by atoms with Crippen molar-refractivity contribution in [1.82, 2.24) is 10.2 Å². The number of benzene rings is 5. The Hall–Kier alpha value is -5.74. The number of nitrogens with one attached hydrogen (secondary N) is 2. The van der Waals surface area contributed by atoms with Crippen molar-refractivity contribution in [3.8, 4) is 11.1 Å². The van der Waals surface area contributed by atoms with E-state index in [0.29, 0.717) is 41.0 Å². The summed E-state index contributed by atoms with van der Waals surface area (Å²) in [4.78, 5) is 42.7. The minimum Gasteiger partial charge on any atom is -0.467 e. The van der Waals surface area contributed by atoms with Crippen LogP contribution < -0.4 is 10.6 Å². The molecule has 2 unspecified atom stereocenters. The largest absolute Gasteiger partial charge is 0.467 e. The molecule has 5 aromatic rings. The number of carbonyl (C=O) groups is 3. The third-order valence-electron chi connectivity index (χ3n) is 9.91. The van der Waals surface area contributed by atoms with Crippen LogP contribution in [0, 0.1) is 0 Å². The third-order valence-corrected chi connectivity index (χ3v) is 9.91. The number of ether oxygens (including phenoxy) is 1. The quantitative estimate of drug-likeness (QED) is 0.141. The number of halogens is 3. The summed E-state index contributed by atoms with van der Waals surface area (Å²) in [5.74, 6) is -1.01. The predicted octanol–water partition coefficient (Wildman–Crippen LogP) is 8.75. The molecule has 1 fully saturated rings. The van der Waals surface area contributed by atoms with E-state index in [1.807, 2.05) is 72.8 Å². The summed E-state index contributed by atoms with van der Waals surface area (Å²) in [6.07, 6.45) is -2.87. The maximum absolute atomic E-state index is 14.1. The molecule has 1 aliphatic heterocycles. The van der Waals surface area contributed by atoms with Gasteiger partial charge < -0.3 is 15.4 Å². The number of esters is 1. The zero-order valence-electron chi connectivity index (χ0n) is 29.4. The van der Waals surface area contributed by atoms with Gasteiger partial charge in [0.2, 0.25) is 5.91 Å². The van der Waals surface area contributed by atoms with Crippen LogP contribution in [0.3, 0.4) is 0 Å². The van der Waals surface area contributed by atoms with E-state index in [9.17, 15) is 27.6 Å². The fourth-order valence-electron chi connectivity index (χ4n) is 6.99. The van der Waals surface area contributed by atoms with Crippen LogP contribution in [0.4, 0.5) is 18.9 Å². The summed E-state index contributed by atoms with van der Waals surface area (Å²) in [7, 11) is 1.31. The topological polar surface area (TPSA) is 87.7 Å². The van der Waals surface area contributed by atoms with Gasteiger partial charge in [0.25, 0.3) is 5.91 Å². The number of methoxy groups -OCH3 is 1. The molecule has 0 spiro atoms. The van der Waals surface area contributed by atoms with Gasteiger partial charge in [0.05, 0.1) is 12.7 Å². The molecule has 0 aliphatic carbocycles. The van der Waals surface area contributed by atoms with Gasteiger partial charge in [0.1, 0.15) is 6.04 Å². The second-order valence-electron chi connectivity index (χ2n) is 13.3. The molecular formula is C43H40F3N3O4. The lowest BCUT2D eigenvalue weighted by Crippen LogP contribution is -2.54. The van der Waals surface area contributed by atoms with E-state index in [2.05, 4.69) is 15.5 Å². The summed E-state index contributed by atoms with van der Waals surface area (Å²) < 4.78 is 44.4. The Labute approximate surface area is 306 Å². The van der Waals surface area contributed by atoms with Crippen LogP contribution in [0.15, 0.2) is 133 Å². The lowest BCUT2D eigenvalue weighted by atomic mass is 9.87. The van der Waals surface area contributed by atoms with E-state index >= 15 is 0 Å². The number of hydrogen-bond donors (Lipinski definition) is 2. The summed E-state index contributed by atoms with van der Waals surface area (Å²) in [5.41, 5.74) is 2.37. The molecule has 0 aromatic heterocycles. The second-order valence-corrected chi connectivity index (χ2v) is 13.3. The van der Waals surface area contributed by atoms with Gasteiger partial charge in [-0.2, -0.15) is 13.2 Å². The van der Waals surface area contributed by atoms with Crippen molar-refractivity contribution in [2.24, 2.45) is 0 Å². The van der Waals surface area contributed by atoms with Crippen LogP contribution in [-0.2, 0) is 26.0 Å². The smallest absolute Gasteiger partial charge is 0.416 e. The number of carbonyl (C=O) groups excluding carboxylic acids is 3. The van der Waals surface area contributed by atoms with Crippen LogP contribution in [0.1, 0.15) is 64.3 Å². The highest BCUT2D eigenvalue weighted by Gasteiger charge is 2.41. The van der Waals surface area contributed by atoms with Crippen LogP contribution in [0.5, 0.6) is 0 Å². The Bertz CT molecular complexity index is 2030. The molecule has 1 aliphatic rings. The van der Waals surface area contributed by atoms with Gasteiger partial charge in [0, 0.05) is 11.3 Å². The molecule has 1 heterocycles. The molecule has 10 heteroatoms. The van der Waals surface area contributed by atoms with Crippen molar-refractivity contribution in [3.63, 3.8) is 0 Å². The van der Waals surface area contributed by atoms with E-state index < -0.39 is 29.3 Å². The molecule has 53 heavy (non-hydrogen) atoms. The predicted molar refractivity (Wildman–Crippen MR) is 198 cm³/mol. The normalized spacial score (nSPS) is 15.5. The first-order valence-electron chi connectivity index (χ1n) is 17.4. The Morgan fingerprint density at radius 3 is 1.92 bits per heavy atom. The molecule has 0 bridgehead atoms. The third kappa shape index (κ3) is 8.34. The Morgan fingerprint density at radius 2 is 1.32 bits per heavy atom. The molecular weight excluding hydrogens is 679 g/mol. The molecule has 2 atom stereocenters. The van der Waals surface area contributed by atoms with Gasteiger partial charge >= 0.3 is 12.1 Å². The van der Waals surface area contributed by atoms with Crippen LogP contribution in [0.25, 0.3) is 11.1 Å². The van der Waals surface area contributed by atoms with Crippen molar-refractivity contribution in [1.29, 1.82) is 0 Å². The number of hydrogen-bond acceptors (Lipinski definition) is 5. The maximum Gasteiger partial charge on any atom is 0.416 e. The van der Waals surface area contributed by atoms with Gasteiger partial charge in [-0.15, -0.1) is 0 Å². The van der Waals surface area contributed by atoms with Crippen LogP contribution in [0.2, 0.25) is 0 Å². The Balaban J connectivity index is 1.13. The highest BCUT2D eigenvalue weighted by Crippen LogP contribution is 2.35. The van der Waals surface area contributed by atoms with Crippen LogP contribution in [-0.4, -0.2) is 42.9 Å². The van der Waals surface area contributed by atoms with Crippen molar-refractivity contribution in [2.45, 2.75) is 43.4 Å². The lowest BCUT2D eigenvalue weighted by molar-refractivity contribution is -0.151. The first kappa shape index (κ1) is 37.0. The summed E-state index contributed by atoms with van der Waals surface area (Å²) in [6.45, 7) is 2.93. The van der Waals surface area contributed by atoms with E-state index in [4.69, 9.17) is 4.74 Å². The molecule has 6 rings (SSSR count). The van der Waals surface area contributed by atoms with E-state index in [0.717, 1.165) is 36.1 Å². The van der Waals surface area contributed by atoms with Crippen molar-refractivity contribution < 1.29 is 32.3 Å². The standard InChI is InChI=1S/C43H40F3N3O4/c1-42(41(52)53-2,33-13-7-4-8-14-33)48-40(51)38(32-11-5-3-6-12-32)49-27-25-30(26-28-49)29-19-23-35(24-20-29)47-39(50)37-16-10-9-15-36(37)31-17-21-34(22-18-31)43(44,45)46/h3-24,30,38H,25-28H2,1-2H3,(H,47,50)(H,48,51). The van der Waals surface area contributed by atoms with Gasteiger partial charge in [-0.25, -0.2) is 4.79 Å². The molecule has 272 valence electrons. The van der Waals surface area contributed by atoms with Crippen molar-refractivity contribution in [2.75, 3.05) is 25.5 Å². The van der Waals surface area contributed by atoms with Gasteiger partial charge in [-0.3, -0.25) is 14.5 Å². The zero-order valence-corrected chi connectivity index (χ0v) is 29.4. The number of anilines is 1. The minimum atomic E-state index is -4.45. The first-order chi connectivity index (χ1) is 25.5. The number of piperidine rings is 1. The maximum atomic E-state index is 14.1. The average molecular weight is 720 g/mol. The van der Waals surface area contributed by atoms with Gasteiger partial charge in [-0.1, -0.05) is 103 Å². The Kier molecular flexibility index (Phi) is 11.1. The molecule has 2 N–H and O–H groups in total. The summed E-state index contributed by atoms with van der Waals surface area (Å²) >= 11 is 0. The first-order valence-corrected chi connectivity index (χ1v) is 17.4. The van der Waals surface area contributed by atoms with E-state index in [1.165, 1.54) is 19.2 Å². The molecule has 1 saturated heterocycles. The van der Waals surface area contributed by atoms with E-state index in [-0.39, 0.29) is 17.7 Å². The van der Waals surface area contributed by atoms with Crippen molar-refractivity contribution in [3.05, 3.63) is 161 Å². The van der Waals surface area contributed by atoms with Crippen molar-refractivity contribution >= 4 is 23.5 Å². The van der Waals surface area contributed by atoms with E-state index in [1.54, 1.807) is 43.3 Å². The number of nitrogens with zero attached hydrogens (tertiary/aromatic N) is 1. The number of rotatable bonds is 10. The second kappa shape index (κ2) is 15.9. The summed E-state index contributed by atoms with van der Waals surface area (Å²) in [5, 5.41) is 5.95.